The fourth-order valence-electron chi connectivity index (χ4n) is 1.88. The Hall–Kier alpha value is -1.02. The van der Waals surface area contributed by atoms with E-state index in [-0.39, 0.29) is 5.41 Å². The molecule has 0 aromatic heterocycles. The molecule has 18 heavy (non-hydrogen) atoms. The van der Waals surface area contributed by atoms with E-state index in [4.69, 9.17) is 4.74 Å². The fourth-order valence-corrected chi connectivity index (χ4v) is 1.88. The van der Waals surface area contributed by atoms with Crippen LogP contribution in [0.5, 0.6) is 5.75 Å². The molecule has 0 fully saturated rings. The summed E-state index contributed by atoms with van der Waals surface area (Å²) < 4.78 is 5.43. The Bertz CT molecular complexity index is 377. The molecule has 0 unspecified atom stereocenters. The van der Waals surface area contributed by atoms with Crippen LogP contribution < -0.4 is 10.1 Å². The highest BCUT2D eigenvalue weighted by Gasteiger charge is 2.15. The van der Waals surface area contributed by atoms with Gasteiger partial charge in [-0.25, -0.2) is 0 Å². The van der Waals surface area contributed by atoms with Crippen molar-refractivity contribution in [3.05, 3.63) is 29.3 Å². The topological polar surface area (TPSA) is 21.3 Å². The van der Waals surface area contributed by atoms with Crippen molar-refractivity contribution in [2.75, 3.05) is 13.7 Å². The van der Waals surface area contributed by atoms with Gasteiger partial charge in [-0.05, 0) is 29.5 Å². The van der Waals surface area contributed by atoms with Crippen LogP contribution >= 0.6 is 0 Å². The minimum absolute atomic E-state index is 0.180. The van der Waals surface area contributed by atoms with E-state index in [1.54, 1.807) is 7.11 Å². The smallest absolute Gasteiger partial charge is 0.123 e. The summed E-state index contributed by atoms with van der Waals surface area (Å²) in [6.07, 6.45) is 0. The monoisotopic (exact) mass is 249 g/mol. The van der Waals surface area contributed by atoms with Crippen LogP contribution in [0.3, 0.4) is 0 Å². The molecule has 0 aliphatic rings. The normalized spacial score (nSPS) is 11.9. The maximum atomic E-state index is 5.43. The first-order valence-corrected chi connectivity index (χ1v) is 6.72. The lowest BCUT2D eigenvalue weighted by atomic mass is 9.86. The molecule has 0 aliphatic heterocycles. The van der Waals surface area contributed by atoms with Gasteiger partial charge < -0.3 is 10.1 Å². The quantitative estimate of drug-likeness (QED) is 0.858. The highest BCUT2D eigenvalue weighted by atomic mass is 16.5. The van der Waals surface area contributed by atoms with Crippen molar-refractivity contribution in [1.82, 2.24) is 5.32 Å². The molecule has 2 heteroatoms. The van der Waals surface area contributed by atoms with Crippen LogP contribution in [-0.4, -0.2) is 13.7 Å². The van der Waals surface area contributed by atoms with Crippen molar-refractivity contribution in [3.63, 3.8) is 0 Å². The van der Waals surface area contributed by atoms with E-state index in [2.05, 4.69) is 58.1 Å². The van der Waals surface area contributed by atoms with Gasteiger partial charge in [0.05, 0.1) is 7.11 Å². The van der Waals surface area contributed by atoms with Crippen molar-refractivity contribution in [3.8, 4) is 5.75 Å². The van der Waals surface area contributed by atoms with E-state index >= 15 is 0 Å². The van der Waals surface area contributed by atoms with Crippen LogP contribution in [0.1, 0.15) is 45.7 Å². The van der Waals surface area contributed by atoms with Gasteiger partial charge in [-0.1, -0.05) is 46.8 Å². The number of nitrogens with one attached hydrogen (secondary N) is 1. The Morgan fingerprint density at radius 1 is 1.22 bits per heavy atom. The minimum atomic E-state index is 0.180. The summed E-state index contributed by atoms with van der Waals surface area (Å²) in [5.41, 5.74) is 2.77. The largest absolute Gasteiger partial charge is 0.496 e. The Labute approximate surface area is 112 Å². The highest BCUT2D eigenvalue weighted by Crippen LogP contribution is 2.27. The third-order valence-electron chi connectivity index (χ3n) is 3.01. The number of hydrogen-bond acceptors (Lipinski definition) is 2. The first kappa shape index (κ1) is 15.0. The highest BCUT2D eigenvalue weighted by molar-refractivity contribution is 5.39. The molecule has 0 heterocycles. The molecule has 1 rings (SSSR count). The Balaban J connectivity index is 2.86. The predicted molar refractivity (Wildman–Crippen MR) is 78.2 cm³/mol. The zero-order chi connectivity index (χ0) is 13.8. The average molecular weight is 249 g/mol. The van der Waals surface area contributed by atoms with Gasteiger partial charge in [0.1, 0.15) is 5.75 Å². The molecule has 0 saturated carbocycles. The molecule has 1 aromatic carbocycles. The molecule has 0 atom stereocenters. The maximum Gasteiger partial charge on any atom is 0.123 e. The predicted octanol–water partition coefficient (Wildman–Crippen LogP) is 3.74. The standard InChI is InChI=1S/C16H27NO/c1-12(2)10-17-11-13-9-14(16(3,4)5)7-8-15(13)18-6/h7-9,12,17H,10-11H2,1-6H3. The van der Waals surface area contributed by atoms with Crippen LogP contribution in [0.25, 0.3) is 0 Å². The van der Waals surface area contributed by atoms with E-state index < -0.39 is 0 Å². The van der Waals surface area contributed by atoms with Crippen molar-refractivity contribution in [1.29, 1.82) is 0 Å². The van der Waals surface area contributed by atoms with Gasteiger partial charge in [0.15, 0.2) is 0 Å². The molecular weight excluding hydrogens is 222 g/mol. The van der Waals surface area contributed by atoms with Crippen molar-refractivity contribution < 1.29 is 4.74 Å². The molecule has 0 amide bonds. The van der Waals surface area contributed by atoms with Gasteiger partial charge in [-0.2, -0.15) is 0 Å². The molecule has 0 radical (unpaired) electrons. The van der Waals surface area contributed by atoms with Crippen molar-refractivity contribution >= 4 is 0 Å². The van der Waals surface area contributed by atoms with E-state index in [1.807, 2.05) is 0 Å². The number of ether oxygens (including phenoxy) is 1. The molecule has 0 spiro atoms. The number of methoxy groups -OCH3 is 1. The van der Waals surface area contributed by atoms with Gasteiger partial charge in [-0.3, -0.25) is 0 Å². The van der Waals surface area contributed by atoms with Gasteiger partial charge in [-0.15, -0.1) is 0 Å². The molecular formula is C16H27NO. The third kappa shape index (κ3) is 4.34. The van der Waals surface area contributed by atoms with Crippen LogP contribution in [0.15, 0.2) is 18.2 Å². The summed E-state index contributed by atoms with van der Waals surface area (Å²) in [6, 6.07) is 6.49. The van der Waals surface area contributed by atoms with E-state index in [1.165, 1.54) is 11.1 Å². The lowest BCUT2D eigenvalue weighted by Gasteiger charge is -2.21. The third-order valence-corrected chi connectivity index (χ3v) is 3.01. The van der Waals surface area contributed by atoms with Crippen LogP contribution in [-0.2, 0) is 12.0 Å². The second-order valence-electron chi connectivity index (χ2n) is 6.30. The second kappa shape index (κ2) is 6.24. The van der Waals surface area contributed by atoms with Crippen molar-refractivity contribution in [2.45, 2.75) is 46.6 Å². The Morgan fingerprint density at radius 3 is 2.39 bits per heavy atom. The number of hydrogen-bond donors (Lipinski definition) is 1. The molecule has 102 valence electrons. The van der Waals surface area contributed by atoms with Gasteiger partial charge in [0.25, 0.3) is 0 Å². The van der Waals surface area contributed by atoms with Crippen LogP contribution in [0.2, 0.25) is 0 Å². The summed E-state index contributed by atoms with van der Waals surface area (Å²) in [7, 11) is 1.73. The first-order valence-electron chi connectivity index (χ1n) is 6.72. The number of benzene rings is 1. The zero-order valence-corrected chi connectivity index (χ0v) is 12.6. The van der Waals surface area contributed by atoms with E-state index in [0.717, 1.165) is 18.8 Å². The SMILES string of the molecule is COc1ccc(C(C)(C)C)cc1CNCC(C)C. The molecule has 0 saturated heterocycles. The molecule has 1 aromatic rings. The first-order chi connectivity index (χ1) is 8.34. The average Bonchev–Trinajstić information content (AvgIpc) is 2.27. The van der Waals surface area contributed by atoms with Crippen molar-refractivity contribution in [2.24, 2.45) is 5.92 Å². The fraction of sp³-hybridized carbons (Fsp3) is 0.625. The van der Waals surface area contributed by atoms with Crippen LogP contribution in [0, 0.1) is 5.92 Å². The zero-order valence-electron chi connectivity index (χ0n) is 12.6. The summed E-state index contributed by atoms with van der Waals surface area (Å²) in [5.74, 6) is 1.64. The summed E-state index contributed by atoms with van der Waals surface area (Å²) in [5, 5.41) is 3.47. The Morgan fingerprint density at radius 2 is 1.89 bits per heavy atom. The lowest BCUT2D eigenvalue weighted by Crippen LogP contribution is -2.20. The summed E-state index contributed by atoms with van der Waals surface area (Å²) >= 11 is 0. The van der Waals surface area contributed by atoms with E-state index in [0.29, 0.717) is 5.92 Å². The van der Waals surface area contributed by atoms with Gasteiger partial charge in [0.2, 0.25) is 0 Å². The molecule has 1 N–H and O–H groups in total. The van der Waals surface area contributed by atoms with Gasteiger partial charge >= 0.3 is 0 Å². The second-order valence-corrected chi connectivity index (χ2v) is 6.30. The molecule has 2 nitrogen and oxygen atoms in total. The summed E-state index contributed by atoms with van der Waals surface area (Å²) in [4.78, 5) is 0. The summed E-state index contributed by atoms with van der Waals surface area (Å²) in [6.45, 7) is 13.0. The Kier molecular flexibility index (Phi) is 5.21. The molecule has 0 aliphatic carbocycles. The maximum absolute atomic E-state index is 5.43. The van der Waals surface area contributed by atoms with E-state index in [9.17, 15) is 0 Å². The van der Waals surface area contributed by atoms with Crippen LogP contribution in [0.4, 0.5) is 0 Å². The minimum Gasteiger partial charge on any atom is -0.496 e. The lowest BCUT2D eigenvalue weighted by molar-refractivity contribution is 0.406. The number of rotatable bonds is 5. The molecule has 0 bridgehead atoms. The van der Waals surface area contributed by atoms with Gasteiger partial charge in [0, 0.05) is 12.1 Å².